The number of nitrogens with one attached hydrogen (secondary N) is 1. The molecule has 144 valence electrons. The molecule has 1 atom stereocenters. The van der Waals surface area contributed by atoms with E-state index in [1.54, 1.807) is 6.26 Å². The van der Waals surface area contributed by atoms with Gasteiger partial charge in [-0.15, -0.1) is 0 Å². The zero-order valence-electron chi connectivity index (χ0n) is 15.4. The predicted octanol–water partition coefficient (Wildman–Crippen LogP) is 3.00. The van der Waals surface area contributed by atoms with Crippen molar-refractivity contribution in [1.82, 2.24) is 4.90 Å². The summed E-state index contributed by atoms with van der Waals surface area (Å²) in [6.07, 6.45) is 5.02. The number of aliphatic imine (C=N–C) groups is 1. The standard InChI is InChI=1S/C20H26N4O3/c21-20(23-15-6-7-18-19(13-15)27-12-4-11-26-18)22-14-16(17-5-3-10-25-17)24-8-1-2-9-24/h3,5-7,10,13,16H,1-2,4,8-9,11-12,14H2,(H3,21,22,23). The average molecular weight is 370 g/mol. The van der Waals surface area contributed by atoms with Crippen molar-refractivity contribution in [3.63, 3.8) is 0 Å². The number of likely N-dealkylation sites (tertiary alicyclic amines) is 1. The van der Waals surface area contributed by atoms with Crippen LogP contribution < -0.4 is 20.5 Å². The highest BCUT2D eigenvalue weighted by atomic mass is 16.5. The second kappa shape index (κ2) is 8.35. The fourth-order valence-electron chi connectivity index (χ4n) is 3.53. The molecule has 0 spiro atoms. The first-order valence-electron chi connectivity index (χ1n) is 9.53. The van der Waals surface area contributed by atoms with E-state index in [1.165, 1.54) is 12.8 Å². The third-order valence-corrected chi connectivity index (χ3v) is 4.91. The maximum Gasteiger partial charge on any atom is 0.193 e. The molecule has 2 aliphatic rings. The number of anilines is 1. The molecule has 0 bridgehead atoms. The number of hydrogen-bond acceptors (Lipinski definition) is 5. The van der Waals surface area contributed by atoms with E-state index in [0.717, 1.165) is 42.5 Å². The minimum Gasteiger partial charge on any atom is -0.490 e. The molecule has 1 aromatic carbocycles. The Morgan fingerprint density at radius 3 is 2.70 bits per heavy atom. The van der Waals surface area contributed by atoms with Crippen LogP contribution in [0.5, 0.6) is 11.5 Å². The summed E-state index contributed by atoms with van der Waals surface area (Å²) in [7, 11) is 0. The molecule has 3 heterocycles. The molecule has 0 aliphatic carbocycles. The van der Waals surface area contributed by atoms with E-state index in [9.17, 15) is 0 Å². The monoisotopic (exact) mass is 370 g/mol. The van der Waals surface area contributed by atoms with Crippen LogP contribution in [0.2, 0.25) is 0 Å². The predicted molar refractivity (Wildman–Crippen MR) is 104 cm³/mol. The molecule has 1 saturated heterocycles. The van der Waals surface area contributed by atoms with Gasteiger partial charge in [-0.1, -0.05) is 0 Å². The molecule has 3 N–H and O–H groups in total. The summed E-state index contributed by atoms with van der Waals surface area (Å²) in [5, 5.41) is 3.15. The van der Waals surface area contributed by atoms with E-state index in [-0.39, 0.29) is 6.04 Å². The van der Waals surface area contributed by atoms with Gasteiger partial charge in [-0.3, -0.25) is 9.89 Å². The van der Waals surface area contributed by atoms with E-state index in [2.05, 4.69) is 15.2 Å². The Morgan fingerprint density at radius 2 is 1.93 bits per heavy atom. The lowest BCUT2D eigenvalue weighted by molar-refractivity contribution is 0.221. The molecule has 0 amide bonds. The number of ether oxygens (including phenoxy) is 2. The highest BCUT2D eigenvalue weighted by molar-refractivity contribution is 5.92. The lowest BCUT2D eigenvalue weighted by Gasteiger charge is -2.24. The number of rotatable bonds is 5. The molecule has 0 radical (unpaired) electrons. The lowest BCUT2D eigenvalue weighted by Crippen LogP contribution is -2.30. The highest BCUT2D eigenvalue weighted by Crippen LogP contribution is 2.32. The zero-order chi connectivity index (χ0) is 18.5. The minimum absolute atomic E-state index is 0.117. The molecule has 2 aliphatic heterocycles. The average Bonchev–Trinajstić information content (AvgIpc) is 3.34. The van der Waals surface area contributed by atoms with Crippen LogP contribution in [0.15, 0.2) is 46.0 Å². The fraction of sp³-hybridized carbons (Fsp3) is 0.450. The lowest BCUT2D eigenvalue weighted by atomic mass is 10.2. The second-order valence-corrected chi connectivity index (χ2v) is 6.84. The summed E-state index contributed by atoms with van der Waals surface area (Å²) < 4.78 is 17.0. The Morgan fingerprint density at radius 1 is 1.11 bits per heavy atom. The van der Waals surface area contributed by atoms with Crippen LogP contribution in [0.3, 0.4) is 0 Å². The van der Waals surface area contributed by atoms with Crippen molar-refractivity contribution in [1.29, 1.82) is 0 Å². The van der Waals surface area contributed by atoms with Crippen LogP contribution in [0.4, 0.5) is 5.69 Å². The van der Waals surface area contributed by atoms with Crippen LogP contribution >= 0.6 is 0 Å². The highest BCUT2D eigenvalue weighted by Gasteiger charge is 2.25. The Labute approximate surface area is 159 Å². The quantitative estimate of drug-likeness (QED) is 0.622. The van der Waals surface area contributed by atoms with Gasteiger partial charge in [0.2, 0.25) is 0 Å². The molecule has 2 aromatic rings. The Bertz CT molecular complexity index is 770. The maximum absolute atomic E-state index is 6.13. The zero-order valence-corrected chi connectivity index (χ0v) is 15.4. The summed E-state index contributed by atoms with van der Waals surface area (Å²) in [5.41, 5.74) is 6.96. The molecular formula is C20H26N4O3. The number of nitrogens with two attached hydrogens (primary N) is 1. The number of furan rings is 1. The van der Waals surface area contributed by atoms with Crippen LogP contribution in [-0.4, -0.2) is 43.7 Å². The van der Waals surface area contributed by atoms with Crippen LogP contribution in [0.25, 0.3) is 0 Å². The number of fused-ring (bicyclic) bond motifs is 1. The molecule has 7 heteroatoms. The van der Waals surface area contributed by atoms with Crippen molar-refractivity contribution in [2.75, 3.05) is 38.2 Å². The molecule has 7 nitrogen and oxygen atoms in total. The van der Waals surface area contributed by atoms with Crippen molar-refractivity contribution in [2.24, 2.45) is 10.7 Å². The van der Waals surface area contributed by atoms with Crippen molar-refractivity contribution < 1.29 is 13.9 Å². The summed E-state index contributed by atoms with van der Waals surface area (Å²) in [6.45, 7) is 4.01. The maximum atomic E-state index is 6.13. The van der Waals surface area contributed by atoms with Gasteiger partial charge in [0.25, 0.3) is 0 Å². The van der Waals surface area contributed by atoms with Crippen LogP contribution in [0.1, 0.15) is 31.1 Å². The van der Waals surface area contributed by atoms with Crippen LogP contribution in [-0.2, 0) is 0 Å². The van der Waals surface area contributed by atoms with Gasteiger partial charge in [0, 0.05) is 18.2 Å². The van der Waals surface area contributed by atoms with Gasteiger partial charge in [-0.25, -0.2) is 0 Å². The van der Waals surface area contributed by atoms with Crippen molar-refractivity contribution in [2.45, 2.75) is 25.3 Å². The van der Waals surface area contributed by atoms with E-state index in [1.807, 2.05) is 30.3 Å². The number of nitrogens with zero attached hydrogens (tertiary/aromatic N) is 2. The van der Waals surface area contributed by atoms with E-state index in [4.69, 9.17) is 19.6 Å². The Kier molecular flexibility index (Phi) is 5.48. The van der Waals surface area contributed by atoms with Gasteiger partial charge in [-0.05, 0) is 50.2 Å². The smallest absolute Gasteiger partial charge is 0.193 e. The van der Waals surface area contributed by atoms with Gasteiger partial charge >= 0.3 is 0 Å². The Balaban J connectivity index is 1.43. The molecule has 27 heavy (non-hydrogen) atoms. The first kappa shape index (κ1) is 17.7. The third kappa shape index (κ3) is 4.36. The summed E-state index contributed by atoms with van der Waals surface area (Å²) >= 11 is 0. The minimum atomic E-state index is 0.117. The normalized spacial score (nSPS) is 18.9. The number of hydrogen-bond donors (Lipinski definition) is 2. The van der Waals surface area contributed by atoms with E-state index < -0.39 is 0 Å². The molecule has 0 saturated carbocycles. The van der Waals surface area contributed by atoms with Crippen molar-refractivity contribution in [3.8, 4) is 11.5 Å². The van der Waals surface area contributed by atoms with Gasteiger partial charge in [-0.2, -0.15) is 0 Å². The molecule has 1 aromatic heterocycles. The summed E-state index contributed by atoms with van der Waals surface area (Å²) in [4.78, 5) is 6.97. The largest absolute Gasteiger partial charge is 0.490 e. The Hall–Kier alpha value is -2.67. The SMILES string of the molecule is NC(=NCC(c1ccco1)N1CCCC1)Nc1ccc2c(c1)OCCCO2. The van der Waals surface area contributed by atoms with Gasteiger partial charge in [0.05, 0.1) is 32.1 Å². The summed E-state index contributed by atoms with van der Waals surface area (Å²) in [6, 6.07) is 9.75. The van der Waals surface area contributed by atoms with Gasteiger partial charge in [0.15, 0.2) is 17.5 Å². The molecule has 4 rings (SSSR count). The van der Waals surface area contributed by atoms with Gasteiger partial charge < -0.3 is 24.9 Å². The van der Waals surface area contributed by atoms with Gasteiger partial charge in [0.1, 0.15) is 5.76 Å². The molecule has 1 unspecified atom stereocenters. The molecular weight excluding hydrogens is 344 g/mol. The second-order valence-electron chi connectivity index (χ2n) is 6.84. The fourth-order valence-corrected chi connectivity index (χ4v) is 3.53. The van der Waals surface area contributed by atoms with E-state index >= 15 is 0 Å². The van der Waals surface area contributed by atoms with Crippen LogP contribution in [0, 0.1) is 0 Å². The number of guanidine groups is 1. The topological polar surface area (TPSA) is 85.2 Å². The van der Waals surface area contributed by atoms with Crippen molar-refractivity contribution in [3.05, 3.63) is 42.4 Å². The summed E-state index contributed by atoms with van der Waals surface area (Å²) in [5.74, 6) is 2.81. The van der Waals surface area contributed by atoms with Crippen molar-refractivity contribution >= 4 is 11.6 Å². The first-order chi connectivity index (χ1) is 13.3. The van der Waals surface area contributed by atoms with E-state index in [0.29, 0.717) is 25.7 Å². The number of benzene rings is 1. The third-order valence-electron chi connectivity index (χ3n) is 4.91. The first-order valence-corrected chi connectivity index (χ1v) is 9.53. The molecule has 1 fully saturated rings.